The highest BCUT2D eigenvalue weighted by molar-refractivity contribution is 6.89. The number of rotatable bonds is 7. The van der Waals surface area contributed by atoms with E-state index in [1.807, 2.05) is 6.07 Å². The van der Waals surface area contributed by atoms with E-state index in [0.29, 0.717) is 12.8 Å². The van der Waals surface area contributed by atoms with E-state index in [0.717, 1.165) is 12.5 Å². The zero-order chi connectivity index (χ0) is 15.7. The molecule has 1 aromatic rings. The van der Waals surface area contributed by atoms with Crippen LogP contribution in [0.5, 0.6) is 0 Å². The highest BCUT2D eigenvalue weighted by atomic mass is 28.3. The van der Waals surface area contributed by atoms with Gasteiger partial charge in [-0.25, -0.2) is 9.79 Å². The lowest BCUT2D eigenvalue weighted by molar-refractivity contribution is -0.128. The van der Waals surface area contributed by atoms with E-state index in [9.17, 15) is 4.79 Å². The molecule has 6 nitrogen and oxygen atoms in total. The number of nitrogens with one attached hydrogen (secondary N) is 1. The van der Waals surface area contributed by atoms with Gasteiger partial charge in [0.1, 0.15) is 6.21 Å². The van der Waals surface area contributed by atoms with Crippen LogP contribution in [-0.4, -0.2) is 37.9 Å². The van der Waals surface area contributed by atoms with Crippen LogP contribution in [-0.2, 0) is 4.79 Å². The molecule has 0 aliphatic rings. The Bertz CT molecular complexity index is 515. The first-order valence-electron chi connectivity index (χ1n) is 6.80. The molecule has 1 aromatic carbocycles. The summed E-state index contributed by atoms with van der Waals surface area (Å²) >= 11 is 0. The number of carboxylic acids is 1. The van der Waals surface area contributed by atoms with E-state index in [4.69, 9.17) is 10.8 Å². The Balaban J connectivity index is 2.34. The minimum absolute atomic E-state index is 0.0861. The Kier molecular flexibility index (Phi) is 6.60. The van der Waals surface area contributed by atoms with Gasteiger partial charge in [-0.05, 0) is 6.42 Å². The van der Waals surface area contributed by atoms with Crippen LogP contribution in [0.1, 0.15) is 6.42 Å². The Hall–Kier alpha value is -2.15. The number of benzene rings is 1. The highest BCUT2D eigenvalue weighted by Gasteiger charge is 2.21. The number of aliphatic imine (C=N–C) groups is 1. The fourth-order valence-electron chi connectivity index (χ4n) is 1.93. The standard InChI is InChI=1S/C14H22N4O2Si/c1-21(2,12-7-4-3-5-8-12)10-6-9-17-18-14(15)16-11-13(19)20/h3-5,7-8,11,17H,6,9-10H2,1-2H3,(H2,15,18)(H,19,20). The number of hydrogen-bond acceptors (Lipinski definition) is 3. The van der Waals surface area contributed by atoms with Crippen molar-refractivity contribution in [1.82, 2.24) is 5.43 Å². The molecule has 0 saturated heterocycles. The zero-order valence-electron chi connectivity index (χ0n) is 12.4. The first-order valence-corrected chi connectivity index (χ1v) is 10.0. The summed E-state index contributed by atoms with van der Waals surface area (Å²) in [5.41, 5.74) is 8.23. The van der Waals surface area contributed by atoms with Gasteiger partial charge in [-0.1, -0.05) is 54.7 Å². The fourth-order valence-corrected chi connectivity index (χ4v) is 4.37. The van der Waals surface area contributed by atoms with E-state index < -0.39 is 14.0 Å². The summed E-state index contributed by atoms with van der Waals surface area (Å²) in [6, 6.07) is 11.7. The van der Waals surface area contributed by atoms with Crippen molar-refractivity contribution >= 4 is 31.4 Å². The van der Waals surface area contributed by atoms with Gasteiger partial charge in [0, 0.05) is 6.54 Å². The molecular weight excluding hydrogens is 284 g/mol. The molecule has 1 rings (SSSR count). The summed E-state index contributed by atoms with van der Waals surface area (Å²) in [5, 5.41) is 13.6. The third kappa shape index (κ3) is 6.71. The first kappa shape index (κ1) is 16.9. The van der Waals surface area contributed by atoms with Gasteiger partial charge < -0.3 is 16.3 Å². The van der Waals surface area contributed by atoms with Crippen molar-refractivity contribution in [2.75, 3.05) is 6.54 Å². The molecule has 7 heteroatoms. The molecule has 0 heterocycles. The molecule has 0 amide bonds. The van der Waals surface area contributed by atoms with Crippen molar-refractivity contribution in [2.24, 2.45) is 15.8 Å². The second kappa shape index (κ2) is 8.20. The van der Waals surface area contributed by atoms with Crippen LogP contribution in [0.4, 0.5) is 0 Å². The van der Waals surface area contributed by atoms with Crippen molar-refractivity contribution in [3.63, 3.8) is 0 Å². The quantitative estimate of drug-likeness (QED) is 0.230. The predicted molar refractivity (Wildman–Crippen MR) is 88.7 cm³/mol. The topological polar surface area (TPSA) is 100 Å². The second-order valence-electron chi connectivity index (χ2n) is 5.33. The van der Waals surface area contributed by atoms with Gasteiger partial charge in [0.15, 0.2) is 0 Å². The number of hydrogen-bond donors (Lipinski definition) is 3. The average Bonchev–Trinajstić information content (AvgIpc) is 2.45. The largest absolute Gasteiger partial charge is 0.477 e. The molecule has 0 aromatic heterocycles. The smallest absolute Gasteiger partial charge is 0.347 e. The van der Waals surface area contributed by atoms with E-state index in [-0.39, 0.29) is 5.96 Å². The van der Waals surface area contributed by atoms with Gasteiger partial charge in [0.25, 0.3) is 0 Å². The molecule has 4 N–H and O–H groups in total. The number of nitrogens with zero attached hydrogens (tertiary/aromatic N) is 2. The first-order chi connectivity index (χ1) is 9.92. The zero-order valence-corrected chi connectivity index (χ0v) is 13.4. The molecule has 0 fully saturated rings. The fraction of sp³-hybridized carbons (Fsp3) is 0.357. The lowest BCUT2D eigenvalue weighted by atomic mass is 10.4. The Morgan fingerprint density at radius 1 is 1.38 bits per heavy atom. The Labute approximate surface area is 125 Å². The van der Waals surface area contributed by atoms with Crippen molar-refractivity contribution in [3.05, 3.63) is 30.3 Å². The van der Waals surface area contributed by atoms with Crippen LogP contribution in [0.15, 0.2) is 40.4 Å². The predicted octanol–water partition coefficient (Wildman–Crippen LogP) is 0.967. The maximum absolute atomic E-state index is 10.2. The second-order valence-corrected chi connectivity index (χ2v) is 10.2. The molecule has 0 spiro atoms. The van der Waals surface area contributed by atoms with Crippen molar-refractivity contribution in [1.29, 1.82) is 0 Å². The number of guanidine groups is 1. The number of aliphatic carboxylic acids is 1. The van der Waals surface area contributed by atoms with Gasteiger partial charge in [0.05, 0.1) is 8.07 Å². The molecule has 0 aliphatic carbocycles. The summed E-state index contributed by atoms with van der Waals surface area (Å²) in [4.78, 5) is 13.7. The monoisotopic (exact) mass is 306 g/mol. The number of nitrogens with two attached hydrogens (primary N) is 1. The third-order valence-corrected chi connectivity index (χ3v) is 6.65. The molecule has 0 saturated carbocycles. The highest BCUT2D eigenvalue weighted by Crippen LogP contribution is 2.11. The minimum atomic E-state index is -1.41. The van der Waals surface area contributed by atoms with Crippen LogP contribution in [0.25, 0.3) is 0 Å². The van der Waals surface area contributed by atoms with Crippen molar-refractivity contribution in [3.8, 4) is 0 Å². The van der Waals surface area contributed by atoms with Crippen LogP contribution in [0.3, 0.4) is 0 Å². The lowest BCUT2D eigenvalue weighted by Crippen LogP contribution is -2.41. The molecule has 21 heavy (non-hydrogen) atoms. The number of hydrazone groups is 1. The van der Waals surface area contributed by atoms with Gasteiger partial charge in [-0.15, -0.1) is 5.10 Å². The molecule has 0 unspecified atom stereocenters. The molecular formula is C14H22N4O2Si. The van der Waals surface area contributed by atoms with E-state index in [2.05, 4.69) is 52.9 Å². The summed E-state index contributed by atoms with van der Waals surface area (Å²) in [6.07, 6.45) is 1.69. The maximum Gasteiger partial charge on any atom is 0.347 e. The van der Waals surface area contributed by atoms with Crippen molar-refractivity contribution in [2.45, 2.75) is 25.6 Å². The maximum atomic E-state index is 10.2. The summed E-state index contributed by atoms with van der Waals surface area (Å²) < 4.78 is 0. The van der Waals surface area contributed by atoms with E-state index >= 15 is 0 Å². The summed E-state index contributed by atoms with van der Waals surface area (Å²) in [5.74, 6) is -1.24. The van der Waals surface area contributed by atoms with Crippen LogP contribution in [0, 0.1) is 0 Å². The van der Waals surface area contributed by atoms with Crippen LogP contribution >= 0.6 is 0 Å². The normalized spacial score (nSPS) is 12.6. The summed E-state index contributed by atoms with van der Waals surface area (Å²) in [6.45, 7) is 5.38. The van der Waals surface area contributed by atoms with Gasteiger partial charge >= 0.3 is 5.97 Å². The minimum Gasteiger partial charge on any atom is -0.477 e. The number of carbonyl (C=O) groups is 1. The average molecular weight is 306 g/mol. The lowest BCUT2D eigenvalue weighted by Gasteiger charge is -2.22. The molecule has 0 atom stereocenters. The number of carboxylic acid groups (broad SMARTS) is 1. The third-order valence-electron chi connectivity index (χ3n) is 3.15. The molecule has 0 bridgehead atoms. The van der Waals surface area contributed by atoms with Crippen LogP contribution < -0.4 is 16.3 Å². The van der Waals surface area contributed by atoms with Gasteiger partial charge in [-0.3, -0.25) is 0 Å². The molecule has 0 radical (unpaired) electrons. The van der Waals surface area contributed by atoms with Crippen LogP contribution in [0.2, 0.25) is 19.1 Å². The molecule has 0 aliphatic heterocycles. The summed E-state index contributed by atoms with van der Waals surface area (Å²) in [7, 11) is -1.41. The van der Waals surface area contributed by atoms with Gasteiger partial charge in [0.2, 0.25) is 5.96 Å². The Morgan fingerprint density at radius 2 is 2.05 bits per heavy atom. The van der Waals surface area contributed by atoms with E-state index in [1.54, 1.807) is 0 Å². The SMILES string of the molecule is C[Si](C)(CCCNN=C(N)N=CC(=O)O)c1ccccc1. The van der Waals surface area contributed by atoms with Crippen molar-refractivity contribution < 1.29 is 9.90 Å². The Morgan fingerprint density at radius 3 is 2.67 bits per heavy atom. The van der Waals surface area contributed by atoms with Gasteiger partial charge in [-0.2, -0.15) is 0 Å². The van der Waals surface area contributed by atoms with E-state index in [1.165, 1.54) is 5.19 Å². The molecule has 114 valence electrons.